The summed E-state index contributed by atoms with van der Waals surface area (Å²) in [5, 5.41) is 0.505. The third-order valence-electron chi connectivity index (χ3n) is 2.33. The highest BCUT2D eigenvalue weighted by molar-refractivity contribution is 8.14. The molecule has 80 valence electrons. The number of carbonyl (C=O) groups excluding carboxylic acids is 1. The molecule has 0 N–H and O–H groups in total. The molecule has 1 heterocycles. The number of carbonyl (C=O) groups is 1. The van der Waals surface area contributed by atoms with E-state index in [2.05, 4.69) is 20.4 Å². The SMILES string of the molecule is C=C[C@H](CC(C)C)SC(=O)N1CCC1. The maximum Gasteiger partial charge on any atom is 0.282 e. The van der Waals surface area contributed by atoms with Gasteiger partial charge < -0.3 is 4.90 Å². The van der Waals surface area contributed by atoms with Crippen LogP contribution in [0.2, 0.25) is 0 Å². The molecule has 0 saturated carbocycles. The van der Waals surface area contributed by atoms with Crippen molar-refractivity contribution in [1.29, 1.82) is 0 Å². The fourth-order valence-corrected chi connectivity index (χ4v) is 2.53. The normalized spacial score (nSPS) is 17.8. The maximum atomic E-state index is 11.6. The zero-order valence-corrected chi connectivity index (χ0v) is 9.85. The first-order valence-electron chi connectivity index (χ1n) is 5.21. The minimum Gasteiger partial charge on any atom is -0.333 e. The molecule has 1 amide bonds. The molecule has 3 heteroatoms. The highest BCUT2D eigenvalue weighted by atomic mass is 32.2. The van der Waals surface area contributed by atoms with Gasteiger partial charge in [0.2, 0.25) is 0 Å². The van der Waals surface area contributed by atoms with Gasteiger partial charge in [-0.3, -0.25) is 4.79 Å². The van der Waals surface area contributed by atoms with Crippen molar-refractivity contribution in [3.05, 3.63) is 12.7 Å². The lowest BCUT2D eigenvalue weighted by Gasteiger charge is -2.31. The monoisotopic (exact) mass is 213 g/mol. The van der Waals surface area contributed by atoms with Gasteiger partial charge >= 0.3 is 0 Å². The number of hydrogen-bond acceptors (Lipinski definition) is 2. The number of amides is 1. The standard InChI is InChI=1S/C11H19NOS/c1-4-10(8-9(2)3)14-11(13)12-6-5-7-12/h4,9-10H,1,5-8H2,2-3H3/t10-/m1/s1. The molecular formula is C11H19NOS. The molecule has 0 aromatic heterocycles. The Morgan fingerprint density at radius 1 is 1.57 bits per heavy atom. The van der Waals surface area contributed by atoms with Crippen molar-refractivity contribution < 1.29 is 4.79 Å². The minimum absolute atomic E-state index is 0.224. The highest BCUT2D eigenvalue weighted by Gasteiger charge is 2.23. The fraction of sp³-hybridized carbons (Fsp3) is 0.727. The van der Waals surface area contributed by atoms with Crippen LogP contribution in [0.3, 0.4) is 0 Å². The molecule has 1 aliphatic rings. The molecule has 0 spiro atoms. The van der Waals surface area contributed by atoms with Crippen molar-refractivity contribution in [2.75, 3.05) is 13.1 Å². The lowest BCUT2D eigenvalue weighted by Crippen LogP contribution is -2.40. The van der Waals surface area contributed by atoms with E-state index < -0.39 is 0 Å². The molecule has 0 bridgehead atoms. The smallest absolute Gasteiger partial charge is 0.282 e. The van der Waals surface area contributed by atoms with Crippen LogP contribution in [-0.2, 0) is 0 Å². The summed E-state index contributed by atoms with van der Waals surface area (Å²) in [4.78, 5) is 13.5. The Labute approximate surface area is 90.7 Å². The third kappa shape index (κ3) is 3.37. The summed E-state index contributed by atoms with van der Waals surface area (Å²) in [6.07, 6.45) is 4.09. The van der Waals surface area contributed by atoms with Gasteiger partial charge in [0.15, 0.2) is 0 Å². The summed E-state index contributed by atoms with van der Waals surface area (Å²) in [7, 11) is 0. The molecule has 1 fully saturated rings. The van der Waals surface area contributed by atoms with Crippen molar-refractivity contribution in [2.45, 2.75) is 31.9 Å². The quantitative estimate of drug-likeness (QED) is 0.669. The first-order valence-corrected chi connectivity index (χ1v) is 6.09. The molecule has 0 aromatic rings. The van der Waals surface area contributed by atoms with Gasteiger partial charge in [0.25, 0.3) is 5.24 Å². The van der Waals surface area contributed by atoms with E-state index in [-0.39, 0.29) is 10.5 Å². The Hall–Kier alpha value is -0.440. The zero-order valence-electron chi connectivity index (χ0n) is 9.03. The molecular weight excluding hydrogens is 194 g/mol. The Kier molecular flexibility index (Phi) is 4.52. The van der Waals surface area contributed by atoms with Gasteiger partial charge in [-0.15, -0.1) is 6.58 Å². The average Bonchev–Trinajstić information content (AvgIpc) is 1.98. The Balaban J connectivity index is 2.31. The number of nitrogens with zero attached hydrogens (tertiary/aromatic N) is 1. The van der Waals surface area contributed by atoms with Gasteiger partial charge in [0.1, 0.15) is 0 Å². The van der Waals surface area contributed by atoms with Gasteiger partial charge in [0, 0.05) is 18.3 Å². The van der Waals surface area contributed by atoms with Gasteiger partial charge in [-0.1, -0.05) is 31.7 Å². The summed E-state index contributed by atoms with van der Waals surface area (Å²) in [6.45, 7) is 10.0. The predicted molar refractivity (Wildman–Crippen MR) is 62.6 cm³/mol. The molecule has 1 atom stereocenters. The van der Waals surface area contributed by atoms with Crippen molar-refractivity contribution >= 4 is 17.0 Å². The Morgan fingerprint density at radius 3 is 2.57 bits per heavy atom. The van der Waals surface area contributed by atoms with E-state index in [1.165, 1.54) is 11.8 Å². The molecule has 1 aliphatic heterocycles. The van der Waals surface area contributed by atoms with E-state index in [1.54, 1.807) is 0 Å². The maximum absolute atomic E-state index is 11.6. The van der Waals surface area contributed by atoms with Gasteiger partial charge in [-0.2, -0.15) is 0 Å². The third-order valence-corrected chi connectivity index (χ3v) is 3.48. The molecule has 0 aliphatic carbocycles. The molecule has 1 saturated heterocycles. The first-order chi connectivity index (χ1) is 6.63. The second kappa shape index (κ2) is 5.44. The average molecular weight is 213 g/mol. The zero-order chi connectivity index (χ0) is 10.6. The van der Waals surface area contributed by atoms with E-state index in [1.807, 2.05) is 11.0 Å². The van der Waals surface area contributed by atoms with Gasteiger partial charge in [0.05, 0.1) is 0 Å². The number of rotatable bonds is 4. The Morgan fingerprint density at radius 2 is 2.21 bits per heavy atom. The van der Waals surface area contributed by atoms with E-state index in [0.29, 0.717) is 5.92 Å². The molecule has 1 rings (SSSR count). The van der Waals surface area contributed by atoms with Crippen LogP contribution in [0.25, 0.3) is 0 Å². The summed E-state index contributed by atoms with van der Waals surface area (Å²) < 4.78 is 0. The topological polar surface area (TPSA) is 20.3 Å². The lowest BCUT2D eigenvalue weighted by molar-refractivity contribution is 0.192. The van der Waals surface area contributed by atoms with Crippen LogP contribution in [0.15, 0.2) is 12.7 Å². The van der Waals surface area contributed by atoms with Crippen molar-refractivity contribution in [2.24, 2.45) is 5.92 Å². The van der Waals surface area contributed by atoms with Crippen LogP contribution in [0.4, 0.5) is 4.79 Å². The molecule has 0 unspecified atom stereocenters. The highest BCUT2D eigenvalue weighted by Crippen LogP contribution is 2.25. The summed E-state index contributed by atoms with van der Waals surface area (Å²) in [6, 6.07) is 0. The number of thioether (sulfide) groups is 1. The van der Waals surface area contributed by atoms with Crippen LogP contribution >= 0.6 is 11.8 Å². The molecule has 2 nitrogen and oxygen atoms in total. The summed E-state index contributed by atoms with van der Waals surface area (Å²) in [5.41, 5.74) is 0. The van der Waals surface area contributed by atoms with Crippen molar-refractivity contribution in [3.8, 4) is 0 Å². The van der Waals surface area contributed by atoms with E-state index in [9.17, 15) is 4.79 Å². The first kappa shape index (κ1) is 11.6. The van der Waals surface area contributed by atoms with Crippen LogP contribution < -0.4 is 0 Å². The summed E-state index contributed by atoms with van der Waals surface area (Å²) in [5.74, 6) is 0.620. The summed E-state index contributed by atoms with van der Waals surface area (Å²) >= 11 is 1.43. The van der Waals surface area contributed by atoms with Gasteiger partial charge in [-0.05, 0) is 18.8 Å². The fourth-order valence-electron chi connectivity index (χ4n) is 1.36. The van der Waals surface area contributed by atoms with E-state index >= 15 is 0 Å². The van der Waals surface area contributed by atoms with E-state index in [0.717, 1.165) is 25.9 Å². The number of likely N-dealkylation sites (tertiary alicyclic amines) is 1. The molecule has 0 radical (unpaired) electrons. The van der Waals surface area contributed by atoms with Crippen LogP contribution in [0.5, 0.6) is 0 Å². The van der Waals surface area contributed by atoms with E-state index in [4.69, 9.17) is 0 Å². The molecule has 0 aromatic carbocycles. The number of hydrogen-bond donors (Lipinski definition) is 0. The molecule has 14 heavy (non-hydrogen) atoms. The lowest BCUT2D eigenvalue weighted by atomic mass is 10.1. The van der Waals surface area contributed by atoms with Crippen LogP contribution in [-0.4, -0.2) is 28.5 Å². The second-order valence-corrected chi connectivity index (χ2v) is 5.32. The minimum atomic E-state index is 0.224. The predicted octanol–water partition coefficient (Wildman–Crippen LogP) is 3.15. The second-order valence-electron chi connectivity index (χ2n) is 4.13. The van der Waals surface area contributed by atoms with Crippen molar-refractivity contribution in [3.63, 3.8) is 0 Å². The van der Waals surface area contributed by atoms with Crippen LogP contribution in [0, 0.1) is 5.92 Å². The van der Waals surface area contributed by atoms with Crippen LogP contribution in [0.1, 0.15) is 26.7 Å². The largest absolute Gasteiger partial charge is 0.333 e. The Bertz CT molecular complexity index is 211. The van der Waals surface area contributed by atoms with Gasteiger partial charge in [-0.25, -0.2) is 0 Å². The van der Waals surface area contributed by atoms with Crippen molar-refractivity contribution in [1.82, 2.24) is 4.90 Å².